The molecule has 7 aromatic rings. The number of ether oxygens (including phenoxy) is 6. The van der Waals surface area contributed by atoms with Crippen LogP contribution in [-0.2, 0) is 89.2 Å². The van der Waals surface area contributed by atoms with Crippen molar-refractivity contribution in [3.8, 4) is 49.4 Å². The molecule has 3 aliphatic rings. The number of aliphatic carboxylic acids is 3. The Labute approximate surface area is 839 Å². The molecule has 3 fully saturated rings. The van der Waals surface area contributed by atoms with E-state index >= 15 is 0 Å². The molecule has 0 radical (unpaired) electrons. The molecule has 3 heterocycles. The normalized spacial score (nSPS) is 13.2. The molecule has 6 atom stereocenters. The van der Waals surface area contributed by atoms with E-state index in [-0.39, 0.29) is 103 Å². The van der Waals surface area contributed by atoms with Crippen LogP contribution in [0.25, 0.3) is 0 Å². The van der Waals surface area contributed by atoms with E-state index in [4.69, 9.17) is 134 Å². The quantitative estimate of drug-likeness (QED) is 0.00346. The topological polar surface area (TPSA) is 608 Å². The SMILES string of the molecule is C#Cc1ccc(N=O)cc1.C#Cc1ccc(NC(=O)O[C@H](CS(C)(=O)=O)C(=O)Nc2ccc(N3CCOCC3=O)cc2)cc1.C#Cc1ccc(NC(=O)O[C@H](CSC)C(=O)Nc2ccc(N3CCOCC3=O)cc2)cc1.C#Cc1ccc(NC(=O)O[C@H](CSC)C(=O)O)cc1.CSC[C@@H](O)C(=O)O.C[S-].Nc1ccc(N2CCOCC2=O)cc1.O=C(O)[C@H](O)CCl.O=[N+]([O-])O.OC[C@H](O)CCl.[Na+]. The number of nitrogens with two attached hydrogens (primary N) is 1. The van der Waals surface area contributed by atoms with Crippen LogP contribution < -0.4 is 76.6 Å². The molecule has 10 rings (SSSR count). The molecule has 7 aromatic carbocycles. The van der Waals surface area contributed by atoms with Gasteiger partial charge in [0.25, 0.3) is 34.6 Å². The first-order valence-corrected chi connectivity index (χ1v) is 47.1. The number of aliphatic hydroxyl groups excluding tert-OH is 4. The van der Waals surface area contributed by atoms with Gasteiger partial charge in [-0.25, -0.2) is 37.2 Å². The van der Waals surface area contributed by atoms with Gasteiger partial charge in [-0.3, -0.25) is 39.9 Å². The van der Waals surface area contributed by atoms with Crippen LogP contribution in [0.4, 0.5) is 71.3 Å². The first-order valence-electron chi connectivity index (χ1n) is 38.9. The number of nitrogen functional groups attached to an aromatic ring is 1. The summed E-state index contributed by atoms with van der Waals surface area (Å²) in [6.45, 7) is 2.98. The average Bonchev–Trinajstić information content (AvgIpc) is 0.837. The number of halogens is 2. The van der Waals surface area contributed by atoms with Crippen LogP contribution >= 0.6 is 58.5 Å². The van der Waals surface area contributed by atoms with Crippen LogP contribution in [0.15, 0.2) is 175 Å². The van der Waals surface area contributed by atoms with Crippen molar-refractivity contribution in [2.24, 2.45) is 5.18 Å². The maximum Gasteiger partial charge on any atom is 1.00 e. The van der Waals surface area contributed by atoms with Crippen molar-refractivity contribution in [3.63, 3.8) is 0 Å². The number of alkyl halides is 2. The number of carboxylic acids is 3. The van der Waals surface area contributed by atoms with E-state index in [1.165, 1.54) is 35.3 Å². The van der Waals surface area contributed by atoms with Crippen molar-refractivity contribution < 1.29 is 165 Å². The smallest absolute Gasteiger partial charge is 0.796 e. The number of thioether (sulfide) groups is 3. The number of carboxylic acid groups (broad SMARTS) is 3. The Morgan fingerprint density at radius 2 is 0.788 bits per heavy atom. The zero-order chi connectivity index (χ0) is 102. The zero-order valence-electron chi connectivity index (χ0n) is 74.4. The molecule has 8 amide bonds. The van der Waals surface area contributed by atoms with E-state index in [0.29, 0.717) is 102 Å². The van der Waals surface area contributed by atoms with E-state index in [1.807, 2.05) is 18.4 Å². The number of sulfone groups is 1. The number of hydrogen-bond donors (Lipinski definition) is 14. The number of nitrogens with zero attached hydrogens (tertiary/aromatic N) is 5. The number of carbonyl (C=O) groups excluding carboxylic acids is 8. The molecule has 0 aromatic heterocycles. The summed E-state index contributed by atoms with van der Waals surface area (Å²) in [6, 6.07) is 46.6. The largest absolute Gasteiger partial charge is 1.00 e. The summed E-state index contributed by atoms with van der Waals surface area (Å²) in [5.41, 5.74) is 13.9. The maximum absolute atomic E-state index is 12.7. The third-order valence-corrected chi connectivity index (χ3v) is 19.7. The number of nitrogens with one attached hydrogen (secondary N) is 5. The van der Waals surface area contributed by atoms with Gasteiger partial charge in [0.1, 0.15) is 25.5 Å². The van der Waals surface area contributed by atoms with Crippen LogP contribution in [0.3, 0.4) is 0 Å². The Morgan fingerprint density at radius 1 is 0.504 bits per heavy atom. The summed E-state index contributed by atoms with van der Waals surface area (Å²) in [5, 5.41) is 86.8. The standard InChI is InChI=1S/C23H23N3O7S.C23H23N3O5S.C13H13NO4S.C10H12N2O2.C8H5NO.C4H8O3S.C3H5ClO3.C3H7ClO2.CH4S.HNO3.Na/c1-3-16-4-6-18(7-5-16)25-23(29)33-20(15-34(2,30)31)22(28)24-17-8-10-19(11-9-17)26-12-13-32-14-21(26)27;1-3-16-4-6-18(7-5-16)25-23(29)31-20(15-32-2)22(28)24-17-8-10-19(11-9-17)26-12-13-30-14-21(26)27;1-3-9-4-6-10(7-5-9)14-13(17)18-11(8-19-2)12(15)16;11-8-1-3-9(4-2-8)12-5-6-14-7-10(12)13;1-2-7-3-5-8(9-10)6-4-7;1-8-2-3(5)4(6)7;4-1-2(5)3(6)7;4-1-3(6)2-5;1-2;2-1(3)4;/h1,4-11,20H,12-15H2,2H3,(H,24,28)(H,25,29);1,4-11,20H,12-15H2,2H3,(H,24,28)(H,25,29);1,4-7,11H,8H2,2H3,(H,14,17)(H,15,16);1-4H,5-7,11H2;1,3-6H;3,5H,2H2,1H3,(H,6,7);2,5H,1H2,(H,6,7);3,5-6H,1-2H2;2H,1H3;(H,2,3,4);/q;;;;;;;;;;+1/p-1/t2*20-;11-;;;3-;2-;3-;;;/m111..111.../s1. The van der Waals surface area contributed by atoms with E-state index in [2.05, 4.69) is 68.1 Å². The molecule has 3 saturated heterocycles. The number of benzene rings is 7. The number of aliphatic hydroxyl groups is 4. The molecule has 0 aliphatic carbocycles. The van der Waals surface area contributed by atoms with E-state index in [1.54, 1.807) is 191 Å². The molecule has 41 nitrogen and oxygen atoms in total. The third kappa shape index (κ3) is 53.6. The second kappa shape index (κ2) is 71.1. The van der Waals surface area contributed by atoms with Gasteiger partial charge in [0.05, 0.1) is 50.0 Å². The molecule has 0 unspecified atom stereocenters. The molecule has 732 valence electrons. The van der Waals surface area contributed by atoms with Gasteiger partial charge in [0, 0.05) is 117 Å². The van der Waals surface area contributed by atoms with Crippen molar-refractivity contribution in [2.45, 2.75) is 36.6 Å². The molecule has 49 heteroatoms. The molecular weight excluding hydrogens is 1950 g/mol. The second-order valence-corrected chi connectivity index (χ2v) is 31.9. The third-order valence-electron chi connectivity index (χ3n) is 16.2. The van der Waals surface area contributed by atoms with Gasteiger partial charge < -0.3 is 113 Å². The minimum atomic E-state index is -3.66. The number of anilines is 9. The van der Waals surface area contributed by atoms with Crippen molar-refractivity contribution in [1.82, 2.24) is 0 Å². The van der Waals surface area contributed by atoms with Gasteiger partial charge in [-0.15, -0.1) is 63.9 Å². The number of hydrogen-bond acceptors (Lipinski definition) is 32. The number of amides is 8. The van der Waals surface area contributed by atoms with Gasteiger partial charge in [0.2, 0.25) is 6.10 Å². The summed E-state index contributed by atoms with van der Waals surface area (Å²) in [7, 11) is -3.66. The van der Waals surface area contributed by atoms with Gasteiger partial charge in [-0.05, 0) is 194 Å². The molecule has 137 heavy (non-hydrogen) atoms. The van der Waals surface area contributed by atoms with Crippen molar-refractivity contribution in [3.05, 3.63) is 207 Å². The van der Waals surface area contributed by atoms with Crippen molar-refractivity contribution in [2.75, 3.05) is 179 Å². The fourth-order valence-electron chi connectivity index (χ4n) is 9.72. The van der Waals surface area contributed by atoms with Crippen molar-refractivity contribution >= 4 is 204 Å². The fraction of sp³-hybridized carbons (Fsp3) is 0.307. The zero-order valence-corrected chi connectivity index (χ0v) is 82.0. The molecular formula is C88H100Cl2N11NaO30S5. The summed E-state index contributed by atoms with van der Waals surface area (Å²) in [5.74, 6) is 4.53. The van der Waals surface area contributed by atoms with Gasteiger partial charge in [-0.2, -0.15) is 41.5 Å². The Hall–Kier alpha value is -12.4. The van der Waals surface area contributed by atoms with E-state index in [9.17, 15) is 66.1 Å². The van der Waals surface area contributed by atoms with Crippen LogP contribution in [0, 0.1) is 64.4 Å². The second-order valence-electron chi connectivity index (χ2n) is 26.3. The molecule has 3 aliphatic heterocycles. The fourth-order valence-corrected chi connectivity index (χ4v) is 12.2. The first-order chi connectivity index (χ1) is 64.7. The minimum absolute atomic E-state index is 0. The Balaban J connectivity index is 0.00000164. The number of morpholine rings is 3. The Bertz CT molecular complexity index is 5240. The maximum atomic E-state index is 12.7. The van der Waals surface area contributed by atoms with E-state index in [0.717, 1.165) is 23.2 Å². The predicted octanol–water partition coefficient (Wildman–Crippen LogP) is 5.18. The monoisotopic (exact) mass is 2040 g/mol. The van der Waals surface area contributed by atoms with E-state index < -0.39 is 105 Å². The van der Waals surface area contributed by atoms with Crippen LogP contribution in [0.5, 0.6) is 0 Å². The average molecular weight is 2050 g/mol. The van der Waals surface area contributed by atoms with Gasteiger partial charge in [0.15, 0.2) is 34.3 Å². The Morgan fingerprint density at radius 3 is 1.04 bits per heavy atom. The van der Waals surface area contributed by atoms with Gasteiger partial charge >= 0.3 is 65.7 Å². The first kappa shape index (κ1) is 125. The summed E-state index contributed by atoms with van der Waals surface area (Å²) in [4.78, 5) is 150. The molecule has 0 bridgehead atoms. The number of rotatable bonds is 28. The summed E-state index contributed by atoms with van der Waals surface area (Å²) >= 11 is 18.0. The number of carbonyl (C=O) groups is 11. The Kier molecular flexibility index (Phi) is 64.7. The predicted molar refractivity (Wildman–Crippen MR) is 522 cm³/mol. The number of nitroso groups, excluding NO2 is 1. The van der Waals surface area contributed by atoms with Crippen molar-refractivity contribution in [1.29, 1.82) is 0 Å². The molecule has 0 spiro atoms. The minimum Gasteiger partial charge on any atom is -0.796 e. The van der Waals surface area contributed by atoms with Crippen LogP contribution in [-0.4, -0.2) is 289 Å². The molecule has 15 N–H and O–H groups in total. The molecule has 0 saturated carbocycles. The summed E-state index contributed by atoms with van der Waals surface area (Å²) < 4.78 is 54.1. The van der Waals surface area contributed by atoms with Crippen LogP contribution in [0.2, 0.25) is 0 Å². The van der Waals surface area contributed by atoms with Gasteiger partial charge in [-0.1, -0.05) is 23.7 Å². The summed E-state index contributed by atoms with van der Waals surface area (Å²) in [6.07, 6.45) is 19.0. The van der Waals surface area contributed by atoms with Crippen LogP contribution in [0.1, 0.15) is 22.3 Å². The number of terminal acetylenes is 4.